The number of carbonyl (C=O) groups excluding carboxylic acids is 1. The number of amides is 1. The molecule has 2 fully saturated rings. The Hall–Kier alpha value is -1.91. The fraction of sp³-hybridized carbons (Fsp3) is 0.455. The van der Waals surface area contributed by atoms with Crippen LogP contribution < -0.4 is 0 Å². The number of aromatic nitrogens is 1. The van der Waals surface area contributed by atoms with Gasteiger partial charge in [-0.15, -0.1) is 0 Å². The molecule has 1 aliphatic heterocycles. The first-order valence-electron chi connectivity index (χ1n) is 9.73. The second-order valence-corrected chi connectivity index (χ2v) is 8.15. The first kappa shape index (κ1) is 18.5. The van der Waals surface area contributed by atoms with E-state index < -0.39 is 5.60 Å². The van der Waals surface area contributed by atoms with Crippen LogP contribution in [0.3, 0.4) is 0 Å². The topological polar surface area (TPSA) is 53.4 Å². The van der Waals surface area contributed by atoms with E-state index in [9.17, 15) is 9.90 Å². The maximum atomic E-state index is 13.3. The lowest BCUT2D eigenvalue weighted by molar-refractivity contribution is -0.110. The van der Waals surface area contributed by atoms with Crippen molar-refractivity contribution in [1.82, 2.24) is 9.88 Å². The standard InChI is InChI=1S/C22H25ClN2O2/c1-15-11-12-17(20(23)24-15)21(26)25-14-13-22(27,16-7-3-2-4-8-16)18-9-5-6-10-19(18)25/h2-4,7-8,11-12,18-19,27H,5-6,9-10,13-14H2,1H3/t18-,19+,22?/m0/s1. The van der Waals surface area contributed by atoms with Gasteiger partial charge >= 0.3 is 0 Å². The third-order valence-electron chi connectivity index (χ3n) is 6.23. The maximum Gasteiger partial charge on any atom is 0.257 e. The first-order valence-corrected chi connectivity index (χ1v) is 10.1. The van der Waals surface area contributed by atoms with Crippen LogP contribution in [0, 0.1) is 12.8 Å². The Balaban J connectivity index is 1.66. The van der Waals surface area contributed by atoms with Crippen LogP contribution in [0.2, 0.25) is 5.15 Å². The van der Waals surface area contributed by atoms with E-state index in [2.05, 4.69) is 4.98 Å². The molecule has 1 aromatic heterocycles. The molecule has 2 aliphatic rings. The van der Waals surface area contributed by atoms with E-state index in [1.54, 1.807) is 6.07 Å². The van der Waals surface area contributed by atoms with Crippen molar-refractivity contribution < 1.29 is 9.90 Å². The number of aryl methyl sites for hydroxylation is 1. The Morgan fingerprint density at radius 3 is 2.67 bits per heavy atom. The van der Waals surface area contributed by atoms with Crippen molar-refractivity contribution >= 4 is 17.5 Å². The largest absolute Gasteiger partial charge is 0.385 e. The lowest BCUT2D eigenvalue weighted by Crippen LogP contribution is -2.59. The molecule has 0 bridgehead atoms. The Kier molecular flexibility index (Phi) is 4.95. The summed E-state index contributed by atoms with van der Waals surface area (Å²) in [5.74, 6) is -0.0250. The number of likely N-dealkylation sites (tertiary alicyclic amines) is 1. The molecule has 1 aromatic carbocycles. The zero-order valence-corrected chi connectivity index (χ0v) is 16.3. The van der Waals surface area contributed by atoms with Crippen molar-refractivity contribution in [2.24, 2.45) is 5.92 Å². The summed E-state index contributed by atoms with van der Waals surface area (Å²) in [6.07, 6.45) is 4.56. The minimum absolute atomic E-state index is 0.0302. The van der Waals surface area contributed by atoms with Gasteiger partial charge in [0.05, 0.1) is 11.2 Å². The van der Waals surface area contributed by atoms with E-state index in [1.807, 2.05) is 48.2 Å². The number of pyridine rings is 1. The third kappa shape index (κ3) is 3.26. The summed E-state index contributed by atoms with van der Waals surface area (Å²) in [6, 6.07) is 13.5. The molecule has 1 N–H and O–H groups in total. The predicted octanol–water partition coefficient (Wildman–Crippen LogP) is 4.34. The number of hydrogen-bond donors (Lipinski definition) is 1. The molecular formula is C22H25ClN2O2. The molecule has 0 spiro atoms. The number of hydrogen-bond acceptors (Lipinski definition) is 3. The predicted molar refractivity (Wildman–Crippen MR) is 106 cm³/mol. The summed E-state index contributed by atoms with van der Waals surface area (Å²) in [7, 11) is 0. The summed E-state index contributed by atoms with van der Waals surface area (Å²) in [4.78, 5) is 19.4. The molecule has 0 radical (unpaired) electrons. The van der Waals surface area contributed by atoms with Crippen molar-refractivity contribution in [3.05, 3.63) is 64.4 Å². The highest BCUT2D eigenvalue weighted by Crippen LogP contribution is 2.47. The Bertz CT molecular complexity index is 841. The summed E-state index contributed by atoms with van der Waals surface area (Å²) in [6.45, 7) is 2.38. The van der Waals surface area contributed by atoms with Gasteiger partial charge in [-0.25, -0.2) is 4.98 Å². The third-order valence-corrected chi connectivity index (χ3v) is 6.52. The van der Waals surface area contributed by atoms with Gasteiger partial charge in [-0.1, -0.05) is 54.8 Å². The van der Waals surface area contributed by atoms with Crippen molar-refractivity contribution in [1.29, 1.82) is 0 Å². The van der Waals surface area contributed by atoms with Gasteiger partial charge in [0.2, 0.25) is 0 Å². The van der Waals surface area contributed by atoms with Crippen molar-refractivity contribution in [2.75, 3.05) is 6.54 Å². The lowest BCUT2D eigenvalue weighted by atomic mass is 9.66. The monoisotopic (exact) mass is 384 g/mol. The molecule has 2 heterocycles. The Morgan fingerprint density at radius 1 is 1.19 bits per heavy atom. The van der Waals surface area contributed by atoms with E-state index in [-0.39, 0.29) is 23.0 Å². The Morgan fingerprint density at radius 2 is 1.93 bits per heavy atom. The number of halogens is 1. The van der Waals surface area contributed by atoms with E-state index >= 15 is 0 Å². The van der Waals surface area contributed by atoms with Gasteiger partial charge in [0.25, 0.3) is 5.91 Å². The number of nitrogens with zero attached hydrogens (tertiary/aromatic N) is 2. The van der Waals surface area contributed by atoms with Crippen molar-refractivity contribution in [2.45, 2.75) is 50.7 Å². The molecule has 1 unspecified atom stereocenters. The van der Waals surface area contributed by atoms with Crippen molar-refractivity contribution in [3.8, 4) is 0 Å². The van der Waals surface area contributed by atoms with Crippen molar-refractivity contribution in [3.63, 3.8) is 0 Å². The molecule has 5 heteroatoms. The van der Waals surface area contributed by atoms with Crippen LogP contribution in [0.25, 0.3) is 0 Å². The minimum Gasteiger partial charge on any atom is -0.385 e. The van der Waals surface area contributed by atoms with Gasteiger partial charge < -0.3 is 10.0 Å². The average molecular weight is 385 g/mol. The van der Waals surface area contributed by atoms with E-state index in [1.165, 1.54) is 0 Å². The number of rotatable bonds is 2. The van der Waals surface area contributed by atoms with Crippen LogP contribution in [0.5, 0.6) is 0 Å². The average Bonchev–Trinajstić information content (AvgIpc) is 2.69. The van der Waals surface area contributed by atoms with Gasteiger partial charge in [-0.05, 0) is 43.9 Å². The first-order chi connectivity index (χ1) is 13.0. The van der Waals surface area contributed by atoms with Gasteiger partial charge in [0.15, 0.2) is 0 Å². The highest BCUT2D eigenvalue weighted by molar-refractivity contribution is 6.32. The van der Waals surface area contributed by atoms with Crippen LogP contribution in [0.1, 0.15) is 53.7 Å². The highest BCUT2D eigenvalue weighted by Gasteiger charge is 2.50. The molecule has 3 atom stereocenters. The molecular weight excluding hydrogens is 360 g/mol. The molecule has 1 saturated heterocycles. The lowest BCUT2D eigenvalue weighted by Gasteiger charge is -2.52. The molecule has 1 amide bonds. The van der Waals surface area contributed by atoms with Crippen LogP contribution in [-0.2, 0) is 5.60 Å². The number of piperidine rings is 1. The second-order valence-electron chi connectivity index (χ2n) is 7.79. The minimum atomic E-state index is -0.877. The Labute approximate surface area is 165 Å². The number of carbonyl (C=O) groups is 1. The number of benzene rings is 1. The summed E-state index contributed by atoms with van der Waals surface area (Å²) in [5, 5.41) is 11.9. The quantitative estimate of drug-likeness (QED) is 0.784. The van der Waals surface area contributed by atoms with E-state index in [0.29, 0.717) is 18.5 Å². The molecule has 4 nitrogen and oxygen atoms in total. The van der Waals surface area contributed by atoms with Gasteiger partial charge in [0, 0.05) is 24.2 Å². The molecule has 4 rings (SSSR count). The summed E-state index contributed by atoms with van der Waals surface area (Å²) in [5.41, 5.74) is 1.34. The van der Waals surface area contributed by atoms with Gasteiger partial charge in [-0.3, -0.25) is 4.79 Å². The zero-order valence-electron chi connectivity index (χ0n) is 15.6. The molecule has 27 heavy (non-hydrogen) atoms. The fourth-order valence-corrected chi connectivity index (χ4v) is 5.14. The van der Waals surface area contributed by atoms with Crippen LogP contribution in [-0.4, -0.2) is 33.5 Å². The number of aliphatic hydroxyl groups is 1. The summed E-state index contributed by atoms with van der Waals surface area (Å²) < 4.78 is 0. The summed E-state index contributed by atoms with van der Waals surface area (Å²) >= 11 is 6.26. The van der Waals surface area contributed by atoms with Crippen LogP contribution in [0.4, 0.5) is 0 Å². The molecule has 2 aromatic rings. The van der Waals surface area contributed by atoms with Crippen LogP contribution in [0.15, 0.2) is 42.5 Å². The normalized spacial score (nSPS) is 27.9. The van der Waals surface area contributed by atoms with Gasteiger partial charge in [-0.2, -0.15) is 0 Å². The number of fused-ring (bicyclic) bond motifs is 1. The molecule has 1 aliphatic carbocycles. The van der Waals surface area contributed by atoms with E-state index in [0.717, 1.165) is 36.9 Å². The second kappa shape index (κ2) is 7.25. The fourth-order valence-electron chi connectivity index (χ4n) is 4.86. The smallest absolute Gasteiger partial charge is 0.257 e. The van der Waals surface area contributed by atoms with Gasteiger partial charge in [0.1, 0.15) is 5.15 Å². The maximum absolute atomic E-state index is 13.3. The highest BCUT2D eigenvalue weighted by atomic mass is 35.5. The van der Waals surface area contributed by atoms with E-state index in [4.69, 9.17) is 11.6 Å². The molecule has 142 valence electrons. The zero-order chi connectivity index (χ0) is 19.0. The SMILES string of the molecule is Cc1ccc(C(=O)N2CCC(O)(c3ccccc3)[C@H]3CCCC[C@H]32)c(Cl)n1. The molecule has 1 saturated carbocycles. The van der Waals surface area contributed by atoms with Crippen LogP contribution >= 0.6 is 11.6 Å².